The Balaban J connectivity index is 2.31. The van der Waals surface area contributed by atoms with Gasteiger partial charge in [-0.3, -0.25) is 0 Å². The van der Waals surface area contributed by atoms with Crippen LogP contribution in [0, 0.1) is 0 Å². The van der Waals surface area contributed by atoms with E-state index in [1.807, 2.05) is 24.3 Å². The summed E-state index contributed by atoms with van der Waals surface area (Å²) in [6.07, 6.45) is 0.666. The molecule has 0 amide bonds. The zero-order valence-electron chi connectivity index (χ0n) is 9.18. The summed E-state index contributed by atoms with van der Waals surface area (Å²) in [6.45, 7) is 4.17. The van der Waals surface area contributed by atoms with Gasteiger partial charge in [-0.25, -0.2) is 0 Å². The van der Waals surface area contributed by atoms with E-state index in [0.29, 0.717) is 12.1 Å². The highest BCUT2D eigenvalue weighted by molar-refractivity contribution is 7.10. The molecule has 1 aromatic heterocycles. The number of hydrogen-bond acceptors (Lipinski definition) is 3. The molecule has 1 N–H and O–H groups in total. The molecule has 1 aliphatic carbocycles. The van der Waals surface area contributed by atoms with Gasteiger partial charge in [0, 0.05) is 16.9 Å². The van der Waals surface area contributed by atoms with E-state index in [2.05, 4.69) is 23.2 Å². The van der Waals surface area contributed by atoms with Crippen LogP contribution in [0.25, 0.3) is 5.57 Å². The second kappa shape index (κ2) is 3.86. The molecule has 0 saturated heterocycles. The number of thiophene rings is 1. The Labute approximate surface area is 104 Å². The topological polar surface area (TPSA) is 32.6 Å². The molecule has 3 heteroatoms. The summed E-state index contributed by atoms with van der Waals surface area (Å²) in [5.41, 5.74) is 4.92. The predicted molar refractivity (Wildman–Crippen MR) is 70.9 cm³/mol. The van der Waals surface area contributed by atoms with E-state index >= 15 is 0 Å². The van der Waals surface area contributed by atoms with Gasteiger partial charge in [-0.05, 0) is 28.1 Å². The maximum atomic E-state index is 9.18. The minimum Gasteiger partial charge on any atom is -0.411 e. The molecule has 0 spiro atoms. The van der Waals surface area contributed by atoms with Gasteiger partial charge in [-0.15, -0.1) is 11.3 Å². The standard InChI is InChI=1S/C14H11NOS/c1-9-10-4-2-3-5-12(10)13(15-16)8-14-11(9)6-7-17-14/h2-7,16H,1,8H2. The van der Waals surface area contributed by atoms with E-state index in [9.17, 15) is 5.21 Å². The molecule has 1 heterocycles. The molecule has 0 fully saturated rings. The fourth-order valence-electron chi connectivity index (χ4n) is 2.23. The second-order valence-electron chi connectivity index (χ2n) is 4.01. The van der Waals surface area contributed by atoms with Gasteiger partial charge < -0.3 is 5.21 Å². The van der Waals surface area contributed by atoms with Crippen molar-refractivity contribution < 1.29 is 5.21 Å². The molecule has 3 rings (SSSR count). The van der Waals surface area contributed by atoms with Gasteiger partial charge in [0.1, 0.15) is 0 Å². The molecular formula is C14H11NOS. The highest BCUT2D eigenvalue weighted by atomic mass is 32.1. The van der Waals surface area contributed by atoms with Crippen LogP contribution in [0.2, 0.25) is 0 Å². The fourth-order valence-corrected chi connectivity index (χ4v) is 3.13. The van der Waals surface area contributed by atoms with Crippen molar-refractivity contribution in [3.05, 3.63) is 63.9 Å². The van der Waals surface area contributed by atoms with Crippen molar-refractivity contribution in [2.45, 2.75) is 6.42 Å². The minimum absolute atomic E-state index is 0.666. The Morgan fingerprint density at radius 2 is 1.88 bits per heavy atom. The van der Waals surface area contributed by atoms with Crippen LogP contribution < -0.4 is 0 Å². The van der Waals surface area contributed by atoms with E-state index in [0.717, 1.165) is 16.7 Å². The number of rotatable bonds is 0. The van der Waals surface area contributed by atoms with E-state index in [1.54, 1.807) is 11.3 Å². The smallest absolute Gasteiger partial charge is 0.0926 e. The van der Waals surface area contributed by atoms with E-state index in [1.165, 1.54) is 10.4 Å². The first-order chi connectivity index (χ1) is 8.31. The lowest BCUT2D eigenvalue weighted by atomic mass is 9.97. The van der Waals surface area contributed by atoms with Crippen molar-refractivity contribution >= 4 is 22.6 Å². The molecule has 0 atom stereocenters. The maximum absolute atomic E-state index is 9.18. The zero-order chi connectivity index (χ0) is 11.8. The lowest BCUT2D eigenvalue weighted by molar-refractivity contribution is 0.318. The zero-order valence-corrected chi connectivity index (χ0v) is 10.00. The molecule has 0 aliphatic heterocycles. The largest absolute Gasteiger partial charge is 0.411 e. The van der Waals surface area contributed by atoms with Crippen LogP contribution >= 0.6 is 11.3 Å². The number of benzene rings is 1. The van der Waals surface area contributed by atoms with Crippen molar-refractivity contribution in [3.63, 3.8) is 0 Å². The summed E-state index contributed by atoms with van der Waals surface area (Å²) in [5, 5.41) is 14.7. The van der Waals surface area contributed by atoms with Crippen molar-refractivity contribution in [1.82, 2.24) is 0 Å². The van der Waals surface area contributed by atoms with Gasteiger partial charge in [0.25, 0.3) is 0 Å². The molecular weight excluding hydrogens is 230 g/mol. The van der Waals surface area contributed by atoms with Crippen LogP contribution in [0.3, 0.4) is 0 Å². The SMILES string of the molecule is C=C1c2ccccc2C(=NO)Cc2sccc21. The second-order valence-corrected chi connectivity index (χ2v) is 5.01. The monoisotopic (exact) mass is 241 g/mol. The molecule has 2 aromatic rings. The molecule has 0 bridgehead atoms. The van der Waals surface area contributed by atoms with Crippen LogP contribution in [0.15, 0.2) is 47.4 Å². The fraction of sp³-hybridized carbons (Fsp3) is 0.0714. The van der Waals surface area contributed by atoms with Gasteiger partial charge >= 0.3 is 0 Å². The quantitative estimate of drug-likeness (QED) is 0.555. The van der Waals surface area contributed by atoms with Crippen LogP contribution in [-0.4, -0.2) is 10.9 Å². The maximum Gasteiger partial charge on any atom is 0.0926 e. The van der Waals surface area contributed by atoms with E-state index < -0.39 is 0 Å². The molecule has 17 heavy (non-hydrogen) atoms. The average Bonchev–Trinajstić information content (AvgIpc) is 2.79. The third-order valence-electron chi connectivity index (χ3n) is 3.08. The first-order valence-electron chi connectivity index (χ1n) is 5.37. The van der Waals surface area contributed by atoms with Gasteiger partial charge in [-0.2, -0.15) is 0 Å². The van der Waals surface area contributed by atoms with Crippen LogP contribution in [0.4, 0.5) is 0 Å². The summed E-state index contributed by atoms with van der Waals surface area (Å²) >= 11 is 1.68. The van der Waals surface area contributed by atoms with Crippen molar-refractivity contribution in [2.75, 3.05) is 0 Å². The normalized spacial score (nSPS) is 16.5. The number of fused-ring (bicyclic) bond motifs is 2. The van der Waals surface area contributed by atoms with Crippen molar-refractivity contribution in [3.8, 4) is 0 Å². The summed E-state index contributed by atoms with van der Waals surface area (Å²) in [5.74, 6) is 0. The summed E-state index contributed by atoms with van der Waals surface area (Å²) in [6, 6.07) is 10.0. The Kier molecular flexibility index (Phi) is 2.34. The van der Waals surface area contributed by atoms with Gasteiger partial charge in [0.05, 0.1) is 5.71 Å². The molecule has 0 radical (unpaired) electrons. The lowest BCUT2D eigenvalue weighted by Gasteiger charge is -2.07. The molecule has 1 aliphatic rings. The molecule has 1 aromatic carbocycles. The van der Waals surface area contributed by atoms with E-state index in [4.69, 9.17) is 0 Å². The van der Waals surface area contributed by atoms with Crippen molar-refractivity contribution in [2.24, 2.45) is 5.16 Å². The molecule has 2 nitrogen and oxygen atoms in total. The van der Waals surface area contributed by atoms with Crippen molar-refractivity contribution in [1.29, 1.82) is 0 Å². The summed E-state index contributed by atoms with van der Waals surface area (Å²) in [4.78, 5) is 1.21. The Hall–Kier alpha value is -1.87. The highest BCUT2D eigenvalue weighted by Gasteiger charge is 2.21. The number of hydrogen-bond donors (Lipinski definition) is 1. The third-order valence-corrected chi connectivity index (χ3v) is 4.00. The molecule has 0 unspecified atom stereocenters. The van der Waals surface area contributed by atoms with Gasteiger partial charge in [-0.1, -0.05) is 36.0 Å². The van der Waals surface area contributed by atoms with Crippen LogP contribution in [-0.2, 0) is 6.42 Å². The lowest BCUT2D eigenvalue weighted by Crippen LogP contribution is -2.04. The first-order valence-corrected chi connectivity index (χ1v) is 6.25. The van der Waals surface area contributed by atoms with Gasteiger partial charge in [0.2, 0.25) is 0 Å². The van der Waals surface area contributed by atoms with Crippen LogP contribution in [0.5, 0.6) is 0 Å². The van der Waals surface area contributed by atoms with Crippen LogP contribution in [0.1, 0.15) is 21.6 Å². The minimum atomic E-state index is 0.666. The Bertz CT molecular complexity index is 625. The Morgan fingerprint density at radius 3 is 2.65 bits per heavy atom. The van der Waals surface area contributed by atoms with Gasteiger partial charge in [0.15, 0.2) is 0 Å². The summed E-state index contributed by atoms with van der Waals surface area (Å²) < 4.78 is 0. The first kappa shape index (κ1) is 10.3. The Morgan fingerprint density at radius 1 is 1.12 bits per heavy atom. The number of nitrogens with zero attached hydrogens (tertiary/aromatic N) is 1. The molecule has 0 saturated carbocycles. The highest BCUT2D eigenvalue weighted by Crippen LogP contribution is 2.34. The van der Waals surface area contributed by atoms with E-state index in [-0.39, 0.29) is 0 Å². The third kappa shape index (κ3) is 1.51. The predicted octanol–water partition coefficient (Wildman–Crippen LogP) is 3.54. The molecule has 84 valence electrons. The number of oxime groups is 1. The average molecular weight is 241 g/mol. The summed E-state index contributed by atoms with van der Waals surface area (Å²) in [7, 11) is 0.